The predicted molar refractivity (Wildman–Crippen MR) is 107 cm³/mol. The van der Waals surface area contributed by atoms with Crippen molar-refractivity contribution in [3.8, 4) is 5.75 Å². The molecule has 27 heavy (non-hydrogen) atoms. The van der Waals surface area contributed by atoms with Gasteiger partial charge in [0.25, 0.3) is 0 Å². The molecule has 0 saturated carbocycles. The van der Waals surface area contributed by atoms with Crippen molar-refractivity contribution >= 4 is 11.6 Å². The van der Waals surface area contributed by atoms with E-state index in [9.17, 15) is 4.79 Å². The van der Waals surface area contributed by atoms with Crippen LogP contribution in [0, 0.1) is 0 Å². The van der Waals surface area contributed by atoms with Crippen LogP contribution in [0.4, 0.5) is 5.69 Å². The number of carbonyl (C=O) groups excluding carboxylic acids is 1. The van der Waals surface area contributed by atoms with Crippen molar-refractivity contribution in [1.82, 2.24) is 10.9 Å². The minimum Gasteiger partial charge on any atom is -0.494 e. The largest absolute Gasteiger partial charge is 0.494 e. The van der Waals surface area contributed by atoms with E-state index in [1.54, 1.807) is 0 Å². The average Bonchev–Trinajstić information content (AvgIpc) is 3.19. The normalized spacial score (nSPS) is 21.5. The van der Waals surface area contributed by atoms with E-state index in [1.165, 1.54) is 24.0 Å². The quantitative estimate of drug-likeness (QED) is 0.759. The highest BCUT2D eigenvalue weighted by Crippen LogP contribution is 2.29. The molecule has 3 N–H and O–H groups in total. The molecular formula is C22H27N3O2. The van der Waals surface area contributed by atoms with Gasteiger partial charge in [-0.15, -0.1) is 0 Å². The topological polar surface area (TPSA) is 62.4 Å². The zero-order valence-electron chi connectivity index (χ0n) is 15.8. The first kappa shape index (κ1) is 18.0. The SMILES string of the molecule is CCOc1ccc(C2CC(C(=O)Nc3cccc4c3CCCC4)NN2)cc1. The average molecular weight is 365 g/mol. The van der Waals surface area contributed by atoms with Gasteiger partial charge >= 0.3 is 0 Å². The van der Waals surface area contributed by atoms with E-state index in [2.05, 4.69) is 34.4 Å². The molecule has 0 aromatic heterocycles. The Bertz CT molecular complexity index is 804. The Hall–Kier alpha value is -2.37. The molecule has 5 nitrogen and oxygen atoms in total. The van der Waals surface area contributed by atoms with Crippen molar-refractivity contribution in [1.29, 1.82) is 0 Å². The highest BCUT2D eigenvalue weighted by Gasteiger charge is 2.30. The van der Waals surface area contributed by atoms with Crippen molar-refractivity contribution in [2.75, 3.05) is 11.9 Å². The summed E-state index contributed by atoms with van der Waals surface area (Å²) in [6.45, 7) is 2.64. The third-order valence-corrected chi connectivity index (χ3v) is 5.47. The van der Waals surface area contributed by atoms with Gasteiger partial charge in [0.15, 0.2) is 0 Å². The van der Waals surface area contributed by atoms with Crippen molar-refractivity contribution in [3.63, 3.8) is 0 Å². The number of aryl methyl sites for hydroxylation is 1. The molecule has 0 spiro atoms. The van der Waals surface area contributed by atoms with Gasteiger partial charge in [0.1, 0.15) is 11.8 Å². The summed E-state index contributed by atoms with van der Waals surface area (Å²) in [5.74, 6) is 0.894. The van der Waals surface area contributed by atoms with Crippen LogP contribution < -0.4 is 20.9 Å². The summed E-state index contributed by atoms with van der Waals surface area (Å²) in [5.41, 5.74) is 11.2. The molecule has 0 bridgehead atoms. The van der Waals surface area contributed by atoms with Crippen LogP contribution in [0.25, 0.3) is 0 Å². The van der Waals surface area contributed by atoms with E-state index in [-0.39, 0.29) is 18.0 Å². The van der Waals surface area contributed by atoms with Crippen LogP contribution in [0.2, 0.25) is 0 Å². The maximum absolute atomic E-state index is 12.8. The molecule has 2 unspecified atom stereocenters. The lowest BCUT2D eigenvalue weighted by Gasteiger charge is -2.20. The zero-order valence-corrected chi connectivity index (χ0v) is 15.8. The van der Waals surface area contributed by atoms with E-state index in [1.807, 2.05) is 31.2 Å². The van der Waals surface area contributed by atoms with E-state index in [0.29, 0.717) is 6.61 Å². The van der Waals surface area contributed by atoms with Gasteiger partial charge in [0.05, 0.1) is 6.61 Å². The first-order valence-corrected chi connectivity index (χ1v) is 9.90. The lowest BCUT2D eigenvalue weighted by molar-refractivity contribution is -0.117. The summed E-state index contributed by atoms with van der Waals surface area (Å²) in [7, 11) is 0. The zero-order chi connectivity index (χ0) is 18.6. The Morgan fingerprint density at radius 1 is 1.11 bits per heavy atom. The van der Waals surface area contributed by atoms with Crippen LogP contribution in [0.5, 0.6) is 5.75 Å². The Kier molecular flexibility index (Phi) is 5.41. The van der Waals surface area contributed by atoms with Gasteiger partial charge < -0.3 is 10.1 Å². The summed E-state index contributed by atoms with van der Waals surface area (Å²) in [6, 6.07) is 14.2. The van der Waals surface area contributed by atoms with E-state index >= 15 is 0 Å². The van der Waals surface area contributed by atoms with Gasteiger partial charge in [-0.05, 0) is 73.9 Å². The fraction of sp³-hybridized carbons (Fsp3) is 0.409. The number of hydrazine groups is 1. The fourth-order valence-corrected chi connectivity index (χ4v) is 4.03. The van der Waals surface area contributed by atoms with E-state index in [4.69, 9.17) is 4.74 Å². The molecule has 142 valence electrons. The van der Waals surface area contributed by atoms with E-state index in [0.717, 1.165) is 36.3 Å². The third-order valence-electron chi connectivity index (χ3n) is 5.47. The van der Waals surface area contributed by atoms with Gasteiger partial charge in [0.2, 0.25) is 5.91 Å². The first-order chi connectivity index (χ1) is 13.2. The van der Waals surface area contributed by atoms with E-state index < -0.39 is 0 Å². The number of hydrogen-bond acceptors (Lipinski definition) is 4. The summed E-state index contributed by atoms with van der Waals surface area (Å²) >= 11 is 0. The minimum atomic E-state index is -0.249. The maximum Gasteiger partial charge on any atom is 0.242 e. The molecule has 1 saturated heterocycles. The molecule has 4 rings (SSSR count). The highest BCUT2D eigenvalue weighted by atomic mass is 16.5. The number of nitrogens with one attached hydrogen (secondary N) is 3. The van der Waals surface area contributed by atoms with Crippen molar-refractivity contribution < 1.29 is 9.53 Å². The molecule has 1 fully saturated rings. The minimum absolute atomic E-state index is 0.0231. The molecule has 2 aromatic rings. The third kappa shape index (κ3) is 3.99. The standard InChI is InChI=1S/C22H27N3O2/c1-2-27-17-12-10-16(11-13-17)20-14-21(25-24-20)22(26)23-19-9-5-7-15-6-3-4-8-18(15)19/h5,7,9-13,20-21,24-25H,2-4,6,8,14H2,1H3,(H,23,26). The molecule has 1 aliphatic carbocycles. The van der Waals surface area contributed by atoms with Gasteiger partial charge in [-0.2, -0.15) is 0 Å². The van der Waals surface area contributed by atoms with Gasteiger partial charge in [0, 0.05) is 11.7 Å². The molecule has 5 heteroatoms. The summed E-state index contributed by atoms with van der Waals surface area (Å²) < 4.78 is 5.49. The van der Waals surface area contributed by atoms with Crippen molar-refractivity contribution in [2.45, 2.75) is 51.1 Å². The maximum atomic E-state index is 12.8. The number of carbonyl (C=O) groups is 1. The van der Waals surface area contributed by atoms with Crippen LogP contribution in [-0.4, -0.2) is 18.6 Å². The van der Waals surface area contributed by atoms with Gasteiger partial charge in [-0.25, -0.2) is 10.9 Å². The van der Waals surface area contributed by atoms with Gasteiger partial charge in [-0.3, -0.25) is 4.79 Å². The van der Waals surface area contributed by atoms with Crippen molar-refractivity contribution in [2.24, 2.45) is 0 Å². The Morgan fingerprint density at radius 3 is 2.74 bits per heavy atom. The molecular weight excluding hydrogens is 338 g/mol. The number of ether oxygens (including phenoxy) is 1. The second-order valence-electron chi connectivity index (χ2n) is 7.27. The second kappa shape index (κ2) is 8.11. The lowest BCUT2D eigenvalue weighted by atomic mass is 9.90. The molecule has 2 aromatic carbocycles. The molecule has 1 aliphatic heterocycles. The van der Waals surface area contributed by atoms with Crippen LogP contribution >= 0.6 is 0 Å². The Balaban J connectivity index is 1.39. The number of hydrogen-bond donors (Lipinski definition) is 3. The summed E-state index contributed by atoms with van der Waals surface area (Å²) in [5, 5.41) is 3.15. The highest BCUT2D eigenvalue weighted by molar-refractivity contribution is 5.95. The molecule has 2 atom stereocenters. The van der Waals surface area contributed by atoms with Crippen LogP contribution in [-0.2, 0) is 17.6 Å². The lowest BCUT2D eigenvalue weighted by Crippen LogP contribution is -2.39. The van der Waals surface area contributed by atoms with Crippen LogP contribution in [0.3, 0.4) is 0 Å². The second-order valence-corrected chi connectivity index (χ2v) is 7.27. The molecule has 2 aliphatic rings. The molecule has 1 heterocycles. The van der Waals surface area contributed by atoms with Crippen molar-refractivity contribution in [3.05, 3.63) is 59.2 Å². The van der Waals surface area contributed by atoms with Crippen LogP contribution in [0.15, 0.2) is 42.5 Å². The van der Waals surface area contributed by atoms with Crippen LogP contribution in [0.1, 0.15) is 48.9 Å². The van der Waals surface area contributed by atoms with Gasteiger partial charge in [-0.1, -0.05) is 24.3 Å². The summed E-state index contributed by atoms with van der Waals surface area (Å²) in [6.07, 6.45) is 5.32. The predicted octanol–water partition coefficient (Wildman–Crippen LogP) is 3.51. The number of rotatable bonds is 5. The Labute approximate surface area is 160 Å². The molecule has 0 radical (unpaired) electrons. The smallest absolute Gasteiger partial charge is 0.242 e. The Morgan fingerprint density at radius 2 is 1.93 bits per heavy atom. The molecule has 1 amide bonds. The number of amides is 1. The first-order valence-electron chi connectivity index (χ1n) is 9.90. The summed E-state index contributed by atoms with van der Waals surface area (Å²) in [4.78, 5) is 12.8. The number of benzene rings is 2. The number of anilines is 1. The monoisotopic (exact) mass is 365 g/mol. The number of fused-ring (bicyclic) bond motifs is 1. The fourth-order valence-electron chi connectivity index (χ4n) is 4.03.